The number of carboxylic acids is 1. The number of fused-ring (bicyclic) bond motifs is 13. The Morgan fingerprint density at radius 1 is 0.883 bits per heavy atom. The molecule has 0 saturated carbocycles. The Morgan fingerprint density at radius 3 is 2.29 bits per heavy atom. The molecule has 0 aliphatic carbocycles. The van der Waals surface area contributed by atoms with Gasteiger partial charge in [0.2, 0.25) is 41.4 Å². The fourth-order valence-corrected chi connectivity index (χ4v) is 9.54. The van der Waals surface area contributed by atoms with Gasteiger partial charge in [0.25, 0.3) is 5.91 Å². The van der Waals surface area contributed by atoms with E-state index in [0.29, 0.717) is 50.3 Å². The van der Waals surface area contributed by atoms with Crippen LogP contribution in [0, 0.1) is 5.92 Å². The number of hydrogen-bond acceptors (Lipinski definition) is 12. The van der Waals surface area contributed by atoms with Crippen molar-refractivity contribution >= 4 is 75.7 Å². The third-order valence-corrected chi connectivity index (χ3v) is 13.3. The third-order valence-electron chi connectivity index (χ3n) is 13.3. The maximum absolute atomic E-state index is 15.0. The number of amides is 8. The molecule has 7 atom stereocenters. The van der Waals surface area contributed by atoms with Gasteiger partial charge in [0.15, 0.2) is 5.96 Å². The van der Waals surface area contributed by atoms with Crippen LogP contribution in [-0.2, 0) is 62.4 Å². The minimum atomic E-state index is -1.49. The lowest BCUT2D eigenvalue weighted by Gasteiger charge is -2.28. The highest BCUT2D eigenvalue weighted by Gasteiger charge is 2.38. The molecule has 26 heteroatoms. The number of H-pyrrole nitrogens is 2. The molecule has 8 rings (SSSR count). The first-order valence-electron chi connectivity index (χ1n) is 25.3. The van der Waals surface area contributed by atoms with Gasteiger partial charge in [0, 0.05) is 66.8 Å². The molecule has 4 aliphatic rings. The Bertz CT molecular complexity index is 3050. The zero-order chi connectivity index (χ0) is 55.8. The van der Waals surface area contributed by atoms with Crippen molar-refractivity contribution in [1.29, 1.82) is 0 Å². The maximum Gasteiger partial charge on any atom is 0.326 e. The Hall–Kier alpha value is -8.84. The molecule has 7 heterocycles. The van der Waals surface area contributed by atoms with Gasteiger partial charge in [-0.3, -0.25) is 47.9 Å². The van der Waals surface area contributed by atoms with Crippen LogP contribution in [0.1, 0.15) is 96.2 Å². The van der Waals surface area contributed by atoms with Crippen LogP contribution < -0.4 is 54.0 Å². The van der Waals surface area contributed by atoms with Crippen molar-refractivity contribution in [2.24, 2.45) is 22.4 Å². The van der Waals surface area contributed by atoms with E-state index in [4.69, 9.17) is 11.5 Å². The highest BCUT2D eigenvalue weighted by atomic mass is 16.4. The van der Waals surface area contributed by atoms with Gasteiger partial charge in [-0.15, -0.1) is 0 Å². The van der Waals surface area contributed by atoms with Crippen molar-refractivity contribution in [3.8, 4) is 5.82 Å². The molecule has 0 unspecified atom stereocenters. The van der Waals surface area contributed by atoms with Crippen molar-refractivity contribution in [3.05, 3.63) is 82.6 Å². The Labute approximate surface area is 442 Å². The predicted molar refractivity (Wildman–Crippen MR) is 280 cm³/mol. The van der Waals surface area contributed by atoms with Gasteiger partial charge >= 0.3 is 5.97 Å². The molecule has 410 valence electrons. The highest BCUT2D eigenvalue weighted by molar-refractivity contribution is 6.06. The minimum Gasteiger partial charge on any atom is -0.480 e. The number of rotatable bonds is 13. The minimum absolute atomic E-state index is 0.0419. The van der Waals surface area contributed by atoms with Gasteiger partial charge in [0.05, 0.1) is 12.0 Å². The average molecular weight is 1060 g/mol. The fourth-order valence-electron chi connectivity index (χ4n) is 9.54. The van der Waals surface area contributed by atoms with Gasteiger partial charge in [-0.05, 0) is 82.1 Å². The molecule has 1 aromatic carbocycles. The molecular formula is C51H66N16O10. The number of carbonyl (C=O) groups excluding carboxylic acids is 8. The summed E-state index contributed by atoms with van der Waals surface area (Å²) < 4.78 is 1.59. The van der Waals surface area contributed by atoms with E-state index in [2.05, 4.69) is 67.5 Å². The summed E-state index contributed by atoms with van der Waals surface area (Å²) in [5, 5.41) is 32.5. The number of imidazole rings is 2. The number of benzene rings is 1. The molecule has 8 amide bonds. The second kappa shape index (κ2) is 24.2. The van der Waals surface area contributed by atoms with Crippen LogP contribution in [0.4, 0.5) is 0 Å². The van der Waals surface area contributed by atoms with Crippen LogP contribution in [0.3, 0.4) is 0 Å². The maximum atomic E-state index is 15.0. The molecule has 26 nitrogen and oxygen atoms in total. The Kier molecular flexibility index (Phi) is 17.6. The number of aromatic nitrogens is 5. The molecule has 15 N–H and O–H groups in total. The quantitative estimate of drug-likeness (QED) is 0.0252. The van der Waals surface area contributed by atoms with Crippen LogP contribution in [0.2, 0.25) is 0 Å². The molecule has 4 aliphatic heterocycles. The summed E-state index contributed by atoms with van der Waals surface area (Å²) in [6.07, 6.45) is 5.60. The fraction of sp³-hybridized carbons (Fsp3) is 0.451. The molecule has 3 aromatic heterocycles. The van der Waals surface area contributed by atoms with Crippen molar-refractivity contribution in [2.45, 2.75) is 135 Å². The van der Waals surface area contributed by atoms with E-state index in [0.717, 1.165) is 0 Å². The number of nitrogens with zero attached hydrogens (tertiary/aromatic N) is 4. The lowest BCUT2D eigenvalue weighted by Crippen LogP contribution is -2.59. The topological polar surface area (TPSA) is 397 Å². The predicted octanol–water partition coefficient (Wildman–Crippen LogP) is -0.993. The molecule has 1 fully saturated rings. The van der Waals surface area contributed by atoms with E-state index in [9.17, 15) is 43.5 Å². The van der Waals surface area contributed by atoms with Gasteiger partial charge in [-0.25, -0.2) is 14.8 Å². The average Bonchev–Trinajstić information content (AvgIpc) is 4.20. The molecular weight excluding hydrogens is 997 g/mol. The van der Waals surface area contributed by atoms with E-state index >= 15 is 4.79 Å². The normalized spacial score (nSPS) is 21.8. The molecule has 0 radical (unpaired) electrons. The zero-order valence-corrected chi connectivity index (χ0v) is 43.6. The van der Waals surface area contributed by atoms with E-state index in [1.165, 1.54) is 18.9 Å². The summed E-state index contributed by atoms with van der Waals surface area (Å²) in [6.45, 7) is 10.4. The van der Waals surface area contributed by atoms with E-state index in [1.807, 2.05) is 13.8 Å². The summed E-state index contributed by atoms with van der Waals surface area (Å²) >= 11 is 0. The molecule has 7 bridgehead atoms. The lowest BCUT2D eigenvalue weighted by molar-refractivity contribution is -0.142. The zero-order valence-electron chi connectivity index (χ0n) is 43.6. The highest BCUT2D eigenvalue weighted by Crippen LogP contribution is 2.33. The Morgan fingerprint density at radius 2 is 1.64 bits per heavy atom. The monoisotopic (exact) mass is 1060 g/mol. The van der Waals surface area contributed by atoms with Gasteiger partial charge < -0.3 is 69.1 Å². The van der Waals surface area contributed by atoms with Crippen LogP contribution in [-0.4, -0.2) is 138 Å². The summed E-state index contributed by atoms with van der Waals surface area (Å²) in [5.41, 5.74) is 14.3. The number of aromatic amines is 2. The number of nitrogens with one attached hydrogen (secondary N) is 10. The first kappa shape index (κ1) is 55.9. The summed E-state index contributed by atoms with van der Waals surface area (Å²) in [7, 11) is 0. The Balaban J connectivity index is 1.40. The second-order valence-electron chi connectivity index (χ2n) is 20.2. The lowest BCUT2D eigenvalue weighted by atomic mass is 9.91. The van der Waals surface area contributed by atoms with Crippen LogP contribution in [0.25, 0.3) is 22.3 Å². The number of guanidine groups is 1. The first-order valence-corrected chi connectivity index (χ1v) is 25.3. The second-order valence-corrected chi connectivity index (χ2v) is 20.2. The standard InChI is InChI=1S/C51H66N16O10/c1-23(2)14-34-47(73)65-40(25(5)6)48(74)63-36-18-30-29-10-9-26(39(24(3)4)41(49(75)62-34)66-44(70)32-11-12-38(68)58-32)15-33(29)59-42(30)67-20-28(57-22-67)17-35(45(71)64-37(50(76)77)16-27-19-54-21-56-27)61-43(69)31(60-46(36)72)8-7-13-55-51(52)53/h9-10,15,19-23,31-32,34-37,41,59H,7-8,11-14,16-18H2,1-6H3,(H,54,56)(H,58,68)(H,60,72)(H,61,69)(H,62,75)(H,63,74)(H,64,71)(H,65,73)(H,66,70)(H,76,77)(H4,52,53,55)/t31-,32+,34-,35+,36+,37+,41-/m1/s1. The largest absolute Gasteiger partial charge is 0.480 e. The number of carboxylic acid groups (broad SMARTS) is 1. The first-order chi connectivity index (χ1) is 36.6. The van der Waals surface area contributed by atoms with Crippen molar-refractivity contribution in [1.82, 2.24) is 67.0 Å². The van der Waals surface area contributed by atoms with Gasteiger partial charge in [-0.1, -0.05) is 31.6 Å². The SMILES string of the molecule is CC(C)=C1NC(=O)[C@@H](CC(C)C)NC(=O)[C@H](NC(=O)[C@@H]2CCC(=O)N2)C(=C(C)C)c2ccc3c4c([nH]c3c2)-n2cnc(c2)C[C@@H](C(=O)N[C@@H](Cc2cnc[nH]2)C(=O)O)NC(=O)[C@@H](CCCN=C(N)N)NC(=O)[C@H](C4)NC1=O. The smallest absolute Gasteiger partial charge is 0.326 e. The summed E-state index contributed by atoms with van der Waals surface area (Å²) in [5.74, 6) is -7.31. The van der Waals surface area contributed by atoms with Crippen LogP contribution >= 0.6 is 0 Å². The van der Waals surface area contributed by atoms with E-state index in [-0.39, 0.29) is 87.1 Å². The van der Waals surface area contributed by atoms with Gasteiger partial charge in [0.1, 0.15) is 60.1 Å². The molecule has 77 heavy (non-hydrogen) atoms. The number of aliphatic carboxylic acids is 1. The summed E-state index contributed by atoms with van der Waals surface area (Å²) in [4.78, 5) is 145. The number of allylic oxidation sites excluding steroid dienone is 2. The number of nitrogens with two attached hydrogens (primary N) is 2. The number of hydrogen-bond donors (Lipinski definition) is 13. The van der Waals surface area contributed by atoms with Crippen molar-refractivity contribution < 1.29 is 48.3 Å². The summed E-state index contributed by atoms with van der Waals surface area (Å²) in [6, 6.07) is -4.17. The molecule has 1 saturated heterocycles. The number of aliphatic imine (C=N–C) groups is 1. The molecule has 4 aromatic rings. The van der Waals surface area contributed by atoms with Crippen molar-refractivity contribution in [3.63, 3.8) is 0 Å². The van der Waals surface area contributed by atoms with Crippen LogP contribution in [0.5, 0.6) is 0 Å². The molecule has 0 spiro atoms. The van der Waals surface area contributed by atoms with Crippen molar-refractivity contribution in [2.75, 3.05) is 6.54 Å². The van der Waals surface area contributed by atoms with Crippen LogP contribution in [0.15, 0.2) is 65.1 Å². The van der Waals surface area contributed by atoms with E-state index in [1.54, 1.807) is 56.7 Å². The number of carbonyl (C=O) groups is 9. The third kappa shape index (κ3) is 13.7. The van der Waals surface area contributed by atoms with Gasteiger partial charge in [-0.2, -0.15) is 0 Å². The van der Waals surface area contributed by atoms with E-state index < -0.39 is 89.6 Å².